The van der Waals surface area contributed by atoms with Gasteiger partial charge in [0, 0.05) is 23.9 Å². The van der Waals surface area contributed by atoms with Crippen molar-refractivity contribution in [2.24, 2.45) is 0 Å². The third-order valence-corrected chi connectivity index (χ3v) is 3.62. The molecule has 1 heterocycles. The lowest BCUT2D eigenvalue weighted by Gasteiger charge is -2.09. The van der Waals surface area contributed by atoms with E-state index in [0.717, 1.165) is 30.3 Å². The van der Waals surface area contributed by atoms with Crippen LogP contribution in [0.3, 0.4) is 0 Å². The number of halogens is 3. The number of amides is 1. The summed E-state index contributed by atoms with van der Waals surface area (Å²) in [4.78, 5) is 12.2. The van der Waals surface area contributed by atoms with E-state index < -0.39 is 17.5 Å². The molecule has 1 aliphatic heterocycles. The summed E-state index contributed by atoms with van der Waals surface area (Å²) in [5.74, 6) is -2.19. The maximum atomic E-state index is 13.7. The zero-order valence-corrected chi connectivity index (χ0v) is 11.6. The van der Waals surface area contributed by atoms with Gasteiger partial charge in [-0.3, -0.25) is 4.79 Å². The summed E-state index contributed by atoms with van der Waals surface area (Å²) in [6, 6.07) is 6.82. The lowest BCUT2D eigenvalue weighted by molar-refractivity contribution is 0.102. The average molecular weight is 309 g/mol. The predicted molar refractivity (Wildman–Crippen MR) is 78.0 cm³/mol. The minimum absolute atomic E-state index is 0.177. The number of benzene rings is 2. The molecule has 0 spiro atoms. The summed E-state index contributed by atoms with van der Waals surface area (Å²) < 4.78 is 26.6. The van der Waals surface area contributed by atoms with Gasteiger partial charge >= 0.3 is 0 Å². The fraction of sp³-hybridized carbons (Fsp3) is 0.133. The summed E-state index contributed by atoms with van der Waals surface area (Å²) >= 11 is 5.76. The molecule has 3 rings (SSSR count). The van der Waals surface area contributed by atoms with Gasteiger partial charge in [-0.1, -0.05) is 11.6 Å². The van der Waals surface area contributed by atoms with Crippen LogP contribution in [0.25, 0.3) is 0 Å². The van der Waals surface area contributed by atoms with Crippen molar-refractivity contribution in [3.63, 3.8) is 0 Å². The molecule has 1 aliphatic rings. The number of rotatable bonds is 2. The van der Waals surface area contributed by atoms with E-state index >= 15 is 0 Å². The molecule has 0 saturated carbocycles. The van der Waals surface area contributed by atoms with E-state index in [-0.39, 0.29) is 10.7 Å². The molecule has 2 N–H and O–H groups in total. The Labute approximate surface area is 124 Å². The number of hydrogen-bond acceptors (Lipinski definition) is 2. The van der Waals surface area contributed by atoms with Crippen molar-refractivity contribution < 1.29 is 13.6 Å². The molecular formula is C15H11ClF2N2O. The van der Waals surface area contributed by atoms with Crippen molar-refractivity contribution in [3.8, 4) is 0 Å². The quantitative estimate of drug-likeness (QED) is 0.885. The van der Waals surface area contributed by atoms with E-state index in [0.29, 0.717) is 11.6 Å². The number of nitrogens with one attached hydrogen (secondary N) is 2. The van der Waals surface area contributed by atoms with Crippen LogP contribution in [0.15, 0.2) is 30.3 Å². The third-order valence-electron chi connectivity index (χ3n) is 3.32. The van der Waals surface area contributed by atoms with Crippen molar-refractivity contribution in [2.75, 3.05) is 17.2 Å². The van der Waals surface area contributed by atoms with Crippen LogP contribution >= 0.6 is 11.6 Å². The van der Waals surface area contributed by atoms with Crippen LogP contribution in [0.5, 0.6) is 0 Å². The molecule has 0 atom stereocenters. The number of carbonyl (C=O) groups excluding carboxylic acids is 1. The van der Waals surface area contributed by atoms with Gasteiger partial charge in [0.2, 0.25) is 0 Å². The lowest BCUT2D eigenvalue weighted by Crippen LogP contribution is -2.13. The molecule has 0 aromatic heterocycles. The molecule has 6 heteroatoms. The molecule has 2 aromatic carbocycles. The zero-order valence-electron chi connectivity index (χ0n) is 10.8. The SMILES string of the molecule is O=C(Nc1c(F)cc(F)cc1Cl)c1ccc2c(c1)CCN2. The first-order valence-corrected chi connectivity index (χ1v) is 6.75. The molecule has 0 radical (unpaired) electrons. The molecule has 3 nitrogen and oxygen atoms in total. The largest absolute Gasteiger partial charge is 0.384 e. The van der Waals surface area contributed by atoms with E-state index in [2.05, 4.69) is 10.6 Å². The summed E-state index contributed by atoms with van der Waals surface area (Å²) in [6.45, 7) is 0.832. The van der Waals surface area contributed by atoms with Crippen LogP contribution in [0, 0.1) is 11.6 Å². The van der Waals surface area contributed by atoms with Gasteiger partial charge in [-0.15, -0.1) is 0 Å². The highest BCUT2D eigenvalue weighted by Crippen LogP contribution is 2.28. The highest BCUT2D eigenvalue weighted by atomic mass is 35.5. The molecule has 0 saturated heterocycles. The average Bonchev–Trinajstić information content (AvgIpc) is 2.89. The maximum absolute atomic E-state index is 13.7. The molecule has 0 bridgehead atoms. The van der Waals surface area contributed by atoms with Crippen LogP contribution in [-0.2, 0) is 6.42 Å². The Morgan fingerprint density at radius 2 is 2.05 bits per heavy atom. The fourth-order valence-electron chi connectivity index (χ4n) is 2.29. The second-order valence-electron chi connectivity index (χ2n) is 4.75. The second kappa shape index (κ2) is 5.33. The van der Waals surface area contributed by atoms with Crippen LogP contribution in [0.2, 0.25) is 5.02 Å². The Balaban J connectivity index is 1.87. The summed E-state index contributed by atoms with van der Waals surface area (Å²) in [6.07, 6.45) is 0.835. The minimum atomic E-state index is -0.906. The molecular weight excluding hydrogens is 298 g/mol. The van der Waals surface area contributed by atoms with E-state index in [1.165, 1.54) is 0 Å². The molecule has 1 amide bonds. The Hall–Kier alpha value is -2.14. The van der Waals surface area contributed by atoms with Crippen molar-refractivity contribution in [2.45, 2.75) is 6.42 Å². The van der Waals surface area contributed by atoms with Gasteiger partial charge in [0.1, 0.15) is 5.82 Å². The summed E-state index contributed by atoms with van der Waals surface area (Å²) in [7, 11) is 0. The fourth-order valence-corrected chi connectivity index (χ4v) is 2.54. The van der Waals surface area contributed by atoms with Crippen molar-refractivity contribution >= 4 is 28.9 Å². The van der Waals surface area contributed by atoms with E-state index in [1.54, 1.807) is 18.2 Å². The molecule has 21 heavy (non-hydrogen) atoms. The minimum Gasteiger partial charge on any atom is -0.384 e. The molecule has 0 fully saturated rings. The topological polar surface area (TPSA) is 41.1 Å². The second-order valence-corrected chi connectivity index (χ2v) is 5.15. The smallest absolute Gasteiger partial charge is 0.255 e. The molecule has 0 aliphatic carbocycles. The standard InChI is InChI=1S/C15H11ClF2N2O/c16-11-6-10(17)7-12(18)14(11)20-15(21)9-1-2-13-8(5-9)3-4-19-13/h1-2,5-7,19H,3-4H2,(H,20,21). The van der Waals surface area contributed by atoms with Gasteiger partial charge in [-0.2, -0.15) is 0 Å². The van der Waals surface area contributed by atoms with Gasteiger partial charge in [-0.25, -0.2) is 8.78 Å². The van der Waals surface area contributed by atoms with Gasteiger partial charge < -0.3 is 10.6 Å². The van der Waals surface area contributed by atoms with Crippen molar-refractivity contribution in [1.29, 1.82) is 0 Å². The molecule has 2 aromatic rings. The first kappa shape index (κ1) is 13.8. The van der Waals surface area contributed by atoms with E-state index in [1.807, 2.05) is 0 Å². The highest BCUT2D eigenvalue weighted by Gasteiger charge is 2.17. The molecule has 0 unspecified atom stereocenters. The first-order valence-electron chi connectivity index (χ1n) is 6.37. The van der Waals surface area contributed by atoms with Gasteiger partial charge in [0.05, 0.1) is 10.7 Å². The number of hydrogen-bond donors (Lipinski definition) is 2. The Morgan fingerprint density at radius 1 is 1.24 bits per heavy atom. The van der Waals surface area contributed by atoms with Crippen LogP contribution in [0.1, 0.15) is 15.9 Å². The highest BCUT2D eigenvalue weighted by molar-refractivity contribution is 6.34. The van der Waals surface area contributed by atoms with Crippen LogP contribution in [0.4, 0.5) is 20.2 Å². The predicted octanol–water partition coefficient (Wildman–Crippen LogP) is 3.84. The molecule has 108 valence electrons. The number of anilines is 2. The maximum Gasteiger partial charge on any atom is 0.255 e. The Morgan fingerprint density at radius 3 is 2.81 bits per heavy atom. The van der Waals surface area contributed by atoms with E-state index in [9.17, 15) is 13.6 Å². The van der Waals surface area contributed by atoms with Crippen molar-refractivity contribution in [3.05, 3.63) is 58.1 Å². The Kier molecular flexibility index (Phi) is 3.51. The summed E-state index contributed by atoms with van der Waals surface area (Å²) in [5, 5.41) is 5.39. The van der Waals surface area contributed by atoms with E-state index in [4.69, 9.17) is 11.6 Å². The monoisotopic (exact) mass is 308 g/mol. The normalized spacial score (nSPS) is 12.7. The lowest BCUT2D eigenvalue weighted by atomic mass is 10.1. The number of carbonyl (C=O) groups is 1. The Bertz CT molecular complexity index is 711. The number of fused-ring (bicyclic) bond motifs is 1. The van der Waals surface area contributed by atoms with Gasteiger partial charge in [0.15, 0.2) is 5.82 Å². The summed E-state index contributed by atoms with van der Waals surface area (Å²) in [5.41, 5.74) is 2.21. The van der Waals surface area contributed by atoms with Gasteiger partial charge in [-0.05, 0) is 36.2 Å². The van der Waals surface area contributed by atoms with Crippen LogP contribution in [-0.4, -0.2) is 12.5 Å². The first-order chi connectivity index (χ1) is 10.0. The van der Waals surface area contributed by atoms with Gasteiger partial charge in [0.25, 0.3) is 5.91 Å². The van der Waals surface area contributed by atoms with Crippen molar-refractivity contribution in [1.82, 2.24) is 0 Å². The zero-order chi connectivity index (χ0) is 15.0. The van der Waals surface area contributed by atoms with Crippen LogP contribution < -0.4 is 10.6 Å². The third kappa shape index (κ3) is 2.69.